The fourth-order valence-electron chi connectivity index (χ4n) is 2.99. The average Bonchev–Trinajstić information content (AvgIpc) is 2.94. The zero-order valence-corrected chi connectivity index (χ0v) is 14.9. The Morgan fingerprint density at radius 3 is 2.54 bits per heavy atom. The van der Waals surface area contributed by atoms with Gasteiger partial charge in [0.15, 0.2) is 0 Å². The van der Waals surface area contributed by atoms with E-state index in [9.17, 15) is 0 Å². The van der Waals surface area contributed by atoms with E-state index in [4.69, 9.17) is 0 Å². The van der Waals surface area contributed by atoms with Gasteiger partial charge in [0.05, 0.1) is 11.4 Å². The molecule has 0 atom stereocenters. The van der Waals surface area contributed by atoms with Crippen LogP contribution in [0.5, 0.6) is 0 Å². The molecule has 4 aromatic rings. The molecule has 0 aliphatic heterocycles. The predicted octanol–water partition coefficient (Wildman–Crippen LogP) is 6.51. The van der Waals surface area contributed by atoms with Crippen molar-refractivity contribution in [3.05, 3.63) is 64.3 Å². The second-order valence-electron chi connectivity index (χ2n) is 5.72. The molecule has 0 fully saturated rings. The van der Waals surface area contributed by atoms with E-state index < -0.39 is 0 Å². The SMILES string of the molecule is Cc1nc2[nH]c3ccccc3c2c(C)c1N=Nc1ccccc1Br. The summed E-state index contributed by atoms with van der Waals surface area (Å²) in [4.78, 5) is 8.07. The van der Waals surface area contributed by atoms with Crippen LogP contribution in [0.1, 0.15) is 11.3 Å². The molecule has 4 rings (SSSR count). The van der Waals surface area contributed by atoms with Crippen LogP contribution in [0.25, 0.3) is 21.9 Å². The quantitative estimate of drug-likeness (QED) is 0.397. The first-order chi connectivity index (χ1) is 11.6. The summed E-state index contributed by atoms with van der Waals surface area (Å²) in [5.41, 5.74) is 5.56. The molecule has 2 heterocycles. The van der Waals surface area contributed by atoms with Gasteiger partial charge >= 0.3 is 0 Å². The van der Waals surface area contributed by atoms with Crippen LogP contribution in [-0.2, 0) is 0 Å². The van der Waals surface area contributed by atoms with Crippen LogP contribution in [0, 0.1) is 13.8 Å². The lowest BCUT2D eigenvalue weighted by Gasteiger charge is -2.05. The molecule has 0 saturated heterocycles. The molecular weight excluding hydrogens is 364 g/mol. The first-order valence-corrected chi connectivity index (χ1v) is 8.48. The summed E-state index contributed by atoms with van der Waals surface area (Å²) < 4.78 is 0.921. The molecule has 118 valence electrons. The van der Waals surface area contributed by atoms with Gasteiger partial charge in [-0.2, -0.15) is 0 Å². The first kappa shape index (κ1) is 15.0. The summed E-state index contributed by atoms with van der Waals surface area (Å²) >= 11 is 3.50. The van der Waals surface area contributed by atoms with Crippen molar-refractivity contribution in [1.82, 2.24) is 9.97 Å². The van der Waals surface area contributed by atoms with Crippen molar-refractivity contribution in [1.29, 1.82) is 0 Å². The maximum atomic E-state index is 4.69. The van der Waals surface area contributed by atoms with Crippen molar-refractivity contribution in [2.75, 3.05) is 0 Å². The number of hydrogen-bond acceptors (Lipinski definition) is 3. The number of H-pyrrole nitrogens is 1. The maximum Gasteiger partial charge on any atom is 0.139 e. The third kappa shape index (κ3) is 2.41. The second kappa shape index (κ2) is 5.83. The van der Waals surface area contributed by atoms with Crippen molar-refractivity contribution in [2.24, 2.45) is 10.2 Å². The highest BCUT2D eigenvalue weighted by atomic mass is 79.9. The van der Waals surface area contributed by atoms with Crippen LogP contribution in [0.4, 0.5) is 11.4 Å². The summed E-state index contributed by atoms with van der Waals surface area (Å²) in [6, 6.07) is 16.0. The Kier molecular flexibility index (Phi) is 3.65. The van der Waals surface area contributed by atoms with Gasteiger partial charge in [0.1, 0.15) is 11.3 Å². The highest BCUT2D eigenvalue weighted by Crippen LogP contribution is 2.35. The summed E-state index contributed by atoms with van der Waals surface area (Å²) in [6.07, 6.45) is 0. The summed E-state index contributed by atoms with van der Waals surface area (Å²) in [6.45, 7) is 4.04. The number of aromatic nitrogens is 2. The molecule has 5 heteroatoms. The Balaban J connectivity index is 1.92. The highest BCUT2D eigenvalue weighted by molar-refractivity contribution is 9.10. The minimum atomic E-state index is 0.801. The fourth-order valence-corrected chi connectivity index (χ4v) is 3.35. The predicted molar refractivity (Wildman–Crippen MR) is 101 cm³/mol. The number of nitrogens with one attached hydrogen (secondary N) is 1. The van der Waals surface area contributed by atoms with E-state index in [1.807, 2.05) is 43.3 Å². The van der Waals surface area contributed by atoms with Gasteiger partial charge in [0.25, 0.3) is 0 Å². The summed E-state index contributed by atoms with van der Waals surface area (Å²) in [5, 5.41) is 11.2. The van der Waals surface area contributed by atoms with E-state index in [1.54, 1.807) is 0 Å². The van der Waals surface area contributed by atoms with Crippen molar-refractivity contribution >= 4 is 49.2 Å². The summed E-state index contributed by atoms with van der Waals surface area (Å²) in [7, 11) is 0. The van der Waals surface area contributed by atoms with Crippen molar-refractivity contribution in [3.8, 4) is 0 Å². The molecule has 0 unspecified atom stereocenters. The van der Waals surface area contributed by atoms with Gasteiger partial charge in [-0.05, 0) is 53.5 Å². The Morgan fingerprint density at radius 1 is 0.958 bits per heavy atom. The third-order valence-electron chi connectivity index (χ3n) is 4.15. The lowest BCUT2D eigenvalue weighted by atomic mass is 10.1. The van der Waals surface area contributed by atoms with E-state index in [2.05, 4.69) is 55.2 Å². The van der Waals surface area contributed by atoms with Gasteiger partial charge in [0, 0.05) is 20.8 Å². The monoisotopic (exact) mass is 378 g/mol. The lowest BCUT2D eigenvalue weighted by Crippen LogP contribution is -1.88. The Bertz CT molecular complexity index is 1100. The van der Waals surface area contributed by atoms with Crippen molar-refractivity contribution in [2.45, 2.75) is 13.8 Å². The Hall–Kier alpha value is -2.53. The molecule has 2 aromatic heterocycles. The number of azo groups is 1. The molecule has 4 nitrogen and oxygen atoms in total. The van der Waals surface area contributed by atoms with Gasteiger partial charge in [-0.3, -0.25) is 0 Å². The minimum absolute atomic E-state index is 0.801. The fraction of sp³-hybridized carbons (Fsp3) is 0.105. The zero-order valence-electron chi connectivity index (χ0n) is 13.3. The number of para-hydroxylation sites is 1. The molecule has 24 heavy (non-hydrogen) atoms. The van der Waals surface area contributed by atoms with E-state index in [0.717, 1.165) is 49.0 Å². The number of pyridine rings is 1. The van der Waals surface area contributed by atoms with Crippen LogP contribution in [0.15, 0.2) is 63.2 Å². The van der Waals surface area contributed by atoms with Gasteiger partial charge < -0.3 is 4.98 Å². The smallest absolute Gasteiger partial charge is 0.139 e. The maximum absolute atomic E-state index is 4.69. The number of benzene rings is 2. The minimum Gasteiger partial charge on any atom is -0.339 e. The molecule has 0 radical (unpaired) electrons. The van der Waals surface area contributed by atoms with E-state index in [0.29, 0.717) is 0 Å². The number of rotatable bonds is 2. The average molecular weight is 379 g/mol. The number of halogens is 1. The number of aryl methyl sites for hydroxylation is 2. The van der Waals surface area contributed by atoms with Crippen LogP contribution in [-0.4, -0.2) is 9.97 Å². The summed E-state index contributed by atoms with van der Waals surface area (Å²) in [5.74, 6) is 0. The van der Waals surface area contributed by atoms with E-state index >= 15 is 0 Å². The third-order valence-corrected chi connectivity index (χ3v) is 4.82. The molecule has 2 aromatic carbocycles. The van der Waals surface area contributed by atoms with Gasteiger partial charge in [0.2, 0.25) is 0 Å². The molecular formula is C19H15BrN4. The molecule has 0 aliphatic carbocycles. The van der Waals surface area contributed by atoms with E-state index in [-0.39, 0.29) is 0 Å². The lowest BCUT2D eigenvalue weighted by molar-refractivity contribution is 1.13. The first-order valence-electron chi connectivity index (χ1n) is 7.69. The Morgan fingerprint density at radius 2 is 1.71 bits per heavy atom. The number of hydrogen-bond donors (Lipinski definition) is 1. The number of nitrogens with zero attached hydrogens (tertiary/aromatic N) is 3. The zero-order chi connectivity index (χ0) is 16.7. The number of fused-ring (bicyclic) bond motifs is 3. The standard InChI is InChI=1S/C19H15BrN4/c1-11-17-13-7-3-5-9-15(13)22-19(17)21-12(2)18(11)24-23-16-10-6-4-8-14(16)20/h3-10H,1-2H3,(H,21,22). The van der Waals surface area contributed by atoms with Crippen molar-refractivity contribution < 1.29 is 0 Å². The van der Waals surface area contributed by atoms with Crippen molar-refractivity contribution in [3.63, 3.8) is 0 Å². The second-order valence-corrected chi connectivity index (χ2v) is 6.57. The topological polar surface area (TPSA) is 53.4 Å². The molecule has 0 bridgehead atoms. The largest absolute Gasteiger partial charge is 0.339 e. The molecule has 1 N–H and O–H groups in total. The normalized spacial score (nSPS) is 11.8. The van der Waals surface area contributed by atoms with Crippen LogP contribution < -0.4 is 0 Å². The van der Waals surface area contributed by atoms with Gasteiger partial charge in [-0.1, -0.05) is 30.3 Å². The number of aromatic amines is 1. The molecule has 0 amide bonds. The van der Waals surface area contributed by atoms with Crippen LogP contribution in [0.3, 0.4) is 0 Å². The molecule has 0 saturated carbocycles. The van der Waals surface area contributed by atoms with Gasteiger partial charge in [-0.25, -0.2) is 4.98 Å². The van der Waals surface area contributed by atoms with Crippen LogP contribution in [0.2, 0.25) is 0 Å². The molecule has 0 aliphatic rings. The van der Waals surface area contributed by atoms with E-state index in [1.165, 1.54) is 0 Å². The van der Waals surface area contributed by atoms with Crippen LogP contribution >= 0.6 is 15.9 Å². The molecule has 0 spiro atoms. The van der Waals surface area contributed by atoms with Gasteiger partial charge in [-0.15, -0.1) is 10.2 Å². The Labute approximate surface area is 147 Å². The highest BCUT2D eigenvalue weighted by Gasteiger charge is 2.13.